The highest BCUT2D eigenvalue weighted by molar-refractivity contribution is 6.30. The van der Waals surface area contributed by atoms with Crippen LogP contribution in [0.5, 0.6) is 5.75 Å². The number of hydrogen-bond donors (Lipinski definition) is 1. The number of ether oxygens (including phenoxy) is 1. The second kappa shape index (κ2) is 7.89. The molecule has 0 bridgehead atoms. The Morgan fingerprint density at radius 1 is 1.20 bits per heavy atom. The Balaban J connectivity index is 1.68. The van der Waals surface area contributed by atoms with Crippen LogP contribution in [0, 0.1) is 5.92 Å². The van der Waals surface area contributed by atoms with Crippen LogP contribution in [-0.4, -0.2) is 42.2 Å². The van der Waals surface area contributed by atoms with Crippen LogP contribution in [0.3, 0.4) is 0 Å². The Morgan fingerprint density at radius 2 is 1.88 bits per heavy atom. The topological polar surface area (TPSA) is 49.8 Å². The number of amides is 1. The van der Waals surface area contributed by atoms with Crippen LogP contribution in [-0.2, 0) is 6.42 Å². The van der Waals surface area contributed by atoms with E-state index in [9.17, 15) is 9.90 Å². The molecule has 2 aromatic rings. The highest BCUT2D eigenvalue weighted by Gasteiger charge is 2.30. The number of aliphatic hydroxyl groups is 1. The molecule has 3 rings (SSSR count). The molecule has 132 valence electrons. The standard InChI is InChI=1S/C20H22ClNO3/c1-25-18-8-4-15(5-9-18)20(24)22-11-10-19(23)16(13-22)12-14-2-6-17(21)7-3-14/h2-9,16,19,23H,10-13H2,1H3/t16-,19-/m1/s1. The molecule has 2 atom stereocenters. The van der Waals surface area contributed by atoms with E-state index in [1.807, 2.05) is 29.2 Å². The van der Waals surface area contributed by atoms with Gasteiger partial charge in [-0.3, -0.25) is 4.79 Å². The molecule has 1 saturated heterocycles. The molecule has 1 heterocycles. The Hall–Kier alpha value is -2.04. The highest BCUT2D eigenvalue weighted by Crippen LogP contribution is 2.24. The van der Waals surface area contributed by atoms with E-state index in [0.29, 0.717) is 30.1 Å². The van der Waals surface area contributed by atoms with Gasteiger partial charge in [0, 0.05) is 29.6 Å². The lowest BCUT2D eigenvalue weighted by Crippen LogP contribution is -2.46. The first-order valence-corrected chi connectivity index (χ1v) is 8.80. The molecule has 0 aliphatic carbocycles. The Kier molecular flexibility index (Phi) is 5.61. The second-order valence-corrected chi connectivity index (χ2v) is 6.86. The SMILES string of the molecule is COc1ccc(C(=O)N2CC[C@@H](O)[C@H](Cc3ccc(Cl)cc3)C2)cc1. The molecule has 0 saturated carbocycles. The number of carbonyl (C=O) groups is 1. The molecule has 0 aromatic heterocycles. The van der Waals surface area contributed by atoms with Crippen molar-refractivity contribution in [2.24, 2.45) is 5.92 Å². The number of hydrogen-bond acceptors (Lipinski definition) is 3. The van der Waals surface area contributed by atoms with E-state index in [4.69, 9.17) is 16.3 Å². The fourth-order valence-corrected chi connectivity index (χ4v) is 3.37. The first-order valence-electron chi connectivity index (χ1n) is 8.42. The molecule has 0 unspecified atom stereocenters. The predicted octanol–water partition coefficient (Wildman–Crippen LogP) is 3.41. The summed E-state index contributed by atoms with van der Waals surface area (Å²) in [6.07, 6.45) is 0.931. The van der Waals surface area contributed by atoms with E-state index in [1.165, 1.54) is 0 Å². The number of aliphatic hydroxyl groups excluding tert-OH is 1. The summed E-state index contributed by atoms with van der Waals surface area (Å²) < 4.78 is 5.13. The maximum atomic E-state index is 12.7. The molecule has 4 nitrogen and oxygen atoms in total. The van der Waals surface area contributed by atoms with Crippen LogP contribution in [0.15, 0.2) is 48.5 Å². The molecule has 0 spiro atoms. The minimum atomic E-state index is -0.393. The summed E-state index contributed by atoms with van der Waals surface area (Å²) in [5, 5.41) is 11.0. The number of benzene rings is 2. The third-order valence-electron chi connectivity index (χ3n) is 4.73. The van der Waals surface area contributed by atoms with Crippen molar-refractivity contribution in [2.75, 3.05) is 20.2 Å². The molecule has 1 aliphatic rings. The number of methoxy groups -OCH3 is 1. The summed E-state index contributed by atoms with van der Waals surface area (Å²) in [5.74, 6) is 0.749. The van der Waals surface area contributed by atoms with E-state index in [-0.39, 0.29) is 11.8 Å². The van der Waals surface area contributed by atoms with Crippen molar-refractivity contribution in [1.29, 1.82) is 0 Å². The smallest absolute Gasteiger partial charge is 0.253 e. The van der Waals surface area contributed by atoms with Crippen LogP contribution in [0.1, 0.15) is 22.3 Å². The maximum absolute atomic E-state index is 12.7. The minimum Gasteiger partial charge on any atom is -0.497 e. The fourth-order valence-electron chi connectivity index (χ4n) is 3.24. The van der Waals surface area contributed by atoms with Gasteiger partial charge in [0.1, 0.15) is 5.75 Å². The fraction of sp³-hybridized carbons (Fsp3) is 0.350. The van der Waals surface area contributed by atoms with Gasteiger partial charge in [0.15, 0.2) is 0 Å². The van der Waals surface area contributed by atoms with Crippen LogP contribution in [0.4, 0.5) is 0 Å². The van der Waals surface area contributed by atoms with Gasteiger partial charge in [0.2, 0.25) is 0 Å². The summed E-state index contributed by atoms with van der Waals surface area (Å²) in [7, 11) is 1.60. The summed E-state index contributed by atoms with van der Waals surface area (Å²) in [5.41, 5.74) is 1.76. The first kappa shape index (κ1) is 17.8. The van der Waals surface area contributed by atoms with Crippen molar-refractivity contribution in [3.8, 4) is 5.75 Å². The first-order chi connectivity index (χ1) is 12.1. The monoisotopic (exact) mass is 359 g/mol. The van der Waals surface area contributed by atoms with E-state index in [0.717, 1.165) is 17.7 Å². The number of halogens is 1. The minimum absolute atomic E-state index is 0.00402. The molecule has 25 heavy (non-hydrogen) atoms. The summed E-state index contributed by atoms with van der Waals surface area (Å²) in [4.78, 5) is 14.6. The van der Waals surface area contributed by atoms with Crippen molar-refractivity contribution < 1.29 is 14.6 Å². The van der Waals surface area contributed by atoms with Crippen molar-refractivity contribution >= 4 is 17.5 Å². The molecular formula is C20H22ClNO3. The molecule has 5 heteroatoms. The lowest BCUT2D eigenvalue weighted by Gasteiger charge is -2.36. The molecule has 2 aromatic carbocycles. The lowest BCUT2D eigenvalue weighted by atomic mass is 9.88. The van der Waals surface area contributed by atoms with Crippen molar-refractivity contribution in [3.63, 3.8) is 0 Å². The van der Waals surface area contributed by atoms with E-state index < -0.39 is 6.10 Å². The third-order valence-corrected chi connectivity index (χ3v) is 4.98. The van der Waals surface area contributed by atoms with Crippen LogP contribution < -0.4 is 4.74 Å². The van der Waals surface area contributed by atoms with Gasteiger partial charge in [0.05, 0.1) is 13.2 Å². The number of piperidine rings is 1. The van der Waals surface area contributed by atoms with Gasteiger partial charge >= 0.3 is 0 Å². The molecule has 1 N–H and O–H groups in total. The lowest BCUT2D eigenvalue weighted by molar-refractivity contribution is 0.0241. The van der Waals surface area contributed by atoms with Gasteiger partial charge in [-0.25, -0.2) is 0 Å². The molecule has 1 aliphatic heterocycles. The highest BCUT2D eigenvalue weighted by atomic mass is 35.5. The number of carbonyl (C=O) groups excluding carboxylic acids is 1. The van der Waals surface area contributed by atoms with Gasteiger partial charge in [-0.15, -0.1) is 0 Å². The van der Waals surface area contributed by atoms with Gasteiger partial charge in [-0.1, -0.05) is 23.7 Å². The van der Waals surface area contributed by atoms with E-state index >= 15 is 0 Å². The van der Waals surface area contributed by atoms with E-state index in [1.54, 1.807) is 31.4 Å². The zero-order valence-electron chi connectivity index (χ0n) is 14.2. The molecule has 1 fully saturated rings. The summed E-state index contributed by atoms with van der Waals surface area (Å²) >= 11 is 5.93. The van der Waals surface area contributed by atoms with Crippen molar-refractivity contribution in [2.45, 2.75) is 18.9 Å². The Labute approximate surface area is 153 Å². The maximum Gasteiger partial charge on any atom is 0.253 e. The largest absolute Gasteiger partial charge is 0.497 e. The quantitative estimate of drug-likeness (QED) is 0.910. The second-order valence-electron chi connectivity index (χ2n) is 6.43. The van der Waals surface area contributed by atoms with Crippen LogP contribution in [0.25, 0.3) is 0 Å². The number of rotatable bonds is 4. The number of nitrogens with zero attached hydrogens (tertiary/aromatic N) is 1. The third kappa shape index (κ3) is 4.33. The van der Waals surface area contributed by atoms with Crippen molar-refractivity contribution in [1.82, 2.24) is 4.90 Å². The van der Waals surface area contributed by atoms with Gasteiger partial charge < -0.3 is 14.7 Å². The average Bonchev–Trinajstić information content (AvgIpc) is 2.65. The molecule has 1 amide bonds. The van der Waals surface area contributed by atoms with Gasteiger partial charge in [0.25, 0.3) is 5.91 Å². The van der Waals surface area contributed by atoms with Gasteiger partial charge in [-0.2, -0.15) is 0 Å². The number of likely N-dealkylation sites (tertiary alicyclic amines) is 1. The predicted molar refractivity (Wildman–Crippen MR) is 98.2 cm³/mol. The van der Waals surface area contributed by atoms with Crippen LogP contribution in [0.2, 0.25) is 5.02 Å². The van der Waals surface area contributed by atoms with Gasteiger partial charge in [-0.05, 0) is 54.8 Å². The summed E-state index contributed by atoms with van der Waals surface area (Å²) in [6.45, 7) is 1.12. The van der Waals surface area contributed by atoms with E-state index in [2.05, 4.69) is 0 Å². The zero-order chi connectivity index (χ0) is 17.8. The Morgan fingerprint density at radius 3 is 2.52 bits per heavy atom. The molecule has 0 radical (unpaired) electrons. The summed E-state index contributed by atoms with van der Waals surface area (Å²) in [6, 6.07) is 14.8. The zero-order valence-corrected chi connectivity index (χ0v) is 14.9. The van der Waals surface area contributed by atoms with Crippen molar-refractivity contribution in [3.05, 3.63) is 64.7 Å². The normalized spacial score (nSPS) is 20.4. The average molecular weight is 360 g/mol. The Bertz CT molecular complexity index is 715. The van der Waals surface area contributed by atoms with Crippen LogP contribution >= 0.6 is 11.6 Å². The molecular weight excluding hydrogens is 338 g/mol.